The minimum Gasteiger partial charge on any atom is -0.481 e. The summed E-state index contributed by atoms with van der Waals surface area (Å²) >= 11 is 0. The molecule has 9 heteroatoms. The molecule has 3 rings (SSSR count). The van der Waals surface area contributed by atoms with E-state index < -0.39 is 0 Å². The van der Waals surface area contributed by atoms with Crippen LogP contribution in [-0.2, 0) is 9.53 Å². The lowest BCUT2D eigenvalue weighted by Gasteiger charge is -2.21. The van der Waals surface area contributed by atoms with E-state index in [1.54, 1.807) is 38.6 Å². The van der Waals surface area contributed by atoms with Gasteiger partial charge in [0.25, 0.3) is 5.91 Å². The number of anilines is 1. The van der Waals surface area contributed by atoms with Gasteiger partial charge in [-0.15, -0.1) is 0 Å². The topological polar surface area (TPSA) is 116 Å². The number of furan rings is 1. The SMILES string of the molecule is CCOC(=O)CCNC(=O)c1ccc(NC(CC(C)C)c2cc(-c3ccc(OC)nc3)oc2C)cn1. The number of methoxy groups -OCH3 is 1. The van der Waals surface area contributed by atoms with E-state index in [9.17, 15) is 9.59 Å². The number of carbonyl (C=O) groups excluding carboxylic acids is 2. The van der Waals surface area contributed by atoms with Crippen molar-refractivity contribution in [1.82, 2.24) is 15.3 Å². The van der Waals surface area contributed by atoms with Crippen LogP contribution in [-0.4, -0.2) is 42.1 Å². The summed E-state index contributed by atoms with van der Waals surface area (Å²) in [4.78, 5) is 32.3. The fourth-order valence-electron chi connectivity index (χ4n) is 3.78. The first-order valence-electron chi connectivity index (χ1n) is 12.1. The quantitative estimate of drug-likeness (QED) is 0.340. The van der Waals surface area contributed by atoms with Crippen molar-refractivity contribution in [3.05, 3.63) is 59.7 Å². The van der Waals surface area contributed by atoms with Crippen molar-refractivity contribution in [3.63, 3.8) is 0 Å². The van der Waals surface area contributed by atoms with E-state index >= 15 is 0 Å². The van der Waals surface area contributed by atoms with Crippen molar-refractivity contribution in [2.24, 2.45) is 5.92 Å². The van der Waals surface area contributed by atoms with Gasteiger partial charge in [-0.25, -0.2) is 9.97 Å². The molecule has 1 amide bonds. The van der Waals surface area contributed by atoms with Gasteiger partial charge < -0.3 is 24.5 Å². The maximum Gasteiger partial charge on any atom is 0.307 e. The number of nitrogens with one attached hydrogen (secondary N) is 2. The Kier molecular flexibility index (Phi) is 9.44. The molecule has 0 saturated carbocycles. The second kappa shape index (κ2) is 12.7. The molecule has 0 aromatic carbocycles. The Morgan fingerprint density at radius 2 is 1.92 bits per heavy atom. The first-order chi connectivity index (χ1) is 17.3. The predicted molar refractivity (Wildman–Crippen MR) is 137 cm³/mol. The zero-order chi connectivity index (χ0) is 26.1. The zero-order valence-corrected chi connectivity index (χ0v) is 21.5. The molecule has 192 valence electrons. The van der Waals surface area contributed by atoms with Gasteiger partial charge >= 0.3 is 5.97 Å². The third-order valence-corrected chi connectivity index (χ3v) is 5.53. The second-order valence-electron chi connectivity index (χ2n) is 8.78. The second-order valence-corrected chi connectivity index (χ2v) is 8.78. The molecule has 36 heavy (non-hydrogen) atoms. The normalized spacial score (nSPS) is 11.7. The Hall–Kier alpha value is -3.88. The Bertz CT molecular complexity index is 1140. The van der Waals surface area contributed by atoms with Crippen LogP contribution in [0.5, 0.6) is 5.88 Å². The van der Waals surface area contributed by atoms with Crippen molar-refractivity contribution in [1.29, 1.82) is 0 Å². The molecule has 0 radical (unpaired) electrons. The van der Waals surface area contributed by atoms with E-state index in [1.165, 1.54) is 0 Å². The van der Waals surface area contributed by atoms with Gasteiger partial charge in [-0.3, -0.25) is 9.59 Å². The molecule has 9 nitrogen and oxygen atoms in total. The van der Waals surface area contributed by atoms with Gasteiger partial charge in [0.05, 0.1) is 38.1 Å². The Balaban J connectivity index is 1.70. The van der Waals surface area contributed by atoms with Crippen LogP contribution in [0.3, 0.4) is 0 Å². The lowest BCUT2D eigenvalue weighted by Crippen LogP contribution is -2.27. The summed E-state index contributed by atoms with van der Waals surface area (Å²) in [6.45, 7) is 8.54. The highest BCUT2D eigenvalue weighted by molar-refractivity contribution is 5.92. The number of amides is 1. The van der Waals surface area contributed by atoms with Crippen molar-refractivity contribution in [2.75, 3.05) is 25.6 Å². The van der Waals surface area contributed by atoms with Crippen LogP contribution in [0.1, 0.15) is 61.5 Å². The van der Waals surface area contributed by atoms with Crippen LogP contribution in [0.25, 0.3) is 11.3 Å². The van der Waals surface area contributed by atoms with Gasteiger partial charge in [0.1, 0.15) is 17.2 Å². The molecular formula is C27H34N4O5. The molecule has 0 aliphatic carbocycles. The monoisotopic (exact) mass is 494 g/mol. The zero-order valence-electron chi connectivity index (χ0n) is 21.5. The fraction of sp³-hybridized carbons (Fsp3) is 0.407. The van der Waals surface area contributed by atoms with Gasteiger partial charge in [0.2, 0.25) is 5.88 Å². The summed E-state index contributed by atoms with van der Waals surface area (Å²) in [6.07, 6.45) is 4.36. The summed E-state index contributed by atoms with van der Waals surface area (Å²) in [5.74, 6) is 1.85. The van der Waals surface area contributed by atoms with Gasteiger partial charge in [-0.05, 0) is 50.5 Å². The summed E-state index contributed by atoms with van der Waals surface area (Å²) in [5.41, 5.74) is 2.99. The largest absolute Gasteiger partial charge is 0.481 e. The van der Waals surface area contributed by atoms with Crippen molar-refractivity contribution >= 4 is 17.6 Å². The maximum absolute atomic E-state index is 12.3. The molecule has 0 spiro atoms. The molecule has 3 aromatic rings. The smallest absolute Gasteiger partial charge is 0.307 e. The average molecular weight is 495 g/mol. The molecule has 0 saturated heterocycles. The molecule has 0 aliphatic rings. The molecule has 0 bridgehead atoms. The van der Waals surface area contributed by atoms with E-state index in [0.717, 1.165) is 34.8 Å². The number of rotatable bonds is 12. The standard InChI is InChI=1S/C27H34N4O5/c1-6-35-26(32)11-12-28-27(33)22-9-8-20(16-29-22)31-23(13-17(2)3)21-14-24(36-18(21)4)19-7-10-25(34-5)30-15-19/h7-10,14-17,23,31H,6,11-13H2,1-5H3,(H,28,33). The number of carbonyl (C=O) groups is 2. The molecule has 0 aliphatic heterocycles. The lowest BCUT2D eigenvalue weighted by atomic mass is 9.96. The van der Waals surface area contributed by atoms with Gasteiger partial charge in [0, 0.05) is 29.9 Å². The van der Waals surface area contributed by atoms with E-state index in [-0.39, 0.29) is 36.6 Å². The number of hydrogen-bond acceptors (Lipinski definition) is 8. The van der Waals surface area contributed by atoms with E-state index in [0.29, 0.717) is 18.4 Å². The molecule has 0 fully saturated rings. The van der Waals surface area contributed by atoms with Gasteiger partial charge in [0.15, 0.2) is 0 Å². The first-order valence-corrected chi connectivity index (χ1v) is 12.1. The third kappa shape index (κ3) is 7.31. The van der Waals surface area contributed by atoms with E-state index in [4.69, 9.17) is 13.9 Å². The van der Waals surface area contributed by atoms with E-state index in [1.807, 2.05) is 25.1 Å². The highest BCUT2D eigenvalue weighted by Crippen LogP contribution is 2.34. The Labute approximate surface area is 211 Å². The molecule has 3 heterocycles. The fourth-order valence-corrected chi connectivity index (χ4v) is 3.78. The minimum absolute atomic E-state index is 0.0141. The van der Waals surface area contributed by atoms with Crippen molar-refractivity contribution < 1.29 is 23.5 Å². The number of hydrogen-bond donors (Lipinski definition) is 2. The molecule has 1 atom stereocenters. The summed E-state index contributed by atoms with van der Waals surface area (Å²) in [6, 6.07) is 9.23. The molecule has 1 unspecified atom stereocenters. The first kappa shape index (κ1) is 26.7. The van der Waals surface area contributed by atoms with Crippen LogP contribution in [0.2, 0.25) is 0 Å². The number of nitrogens with zero attached hydrogens (tertiary/aromatic N) is 2. The summed E-state index contributed by atoms with van der Waals surface area (Å²) in [5, 5.41) is 6.22. The number of aryl methyl sites for hydroxylation is 1. The Morgan fingerprint density at radius 3 is 2.53 bits per heavy atom. The number of ether oxygens (including phenoxy) is 2. The van der Waals surface area contributed by atoms with E-state index in [2.05, 4.69) is 34.4 Å². The third-order valence-electron chi connectivity index (χ3n) is 5.53. The summed E-state index contributed by atoms with van der Waals surface area (Å²) < 4.78 is 16.1. The summed E-state index contributed by atoms with van der Waals surface area (Å²) in [7, 11) is 1.58. The minimum atomic E-state index is -0.345. The Morgan fingerprint density at radius 1 is 1.11 bits per heavy atom. The van der Waals surface area contributed by atoms with Crippen LogP contribution in [0.15, 0.2) is 47.1 Å². The van der Waals surface area contributed by atoms with Crippen LogP contribution in [0.4, 0.5) is 5.69 Å². The molecule has 2 N–H and O–H groups in total. The highest BCUT2D eigenvalue weighted by Gasteiger charge is 2.21. The van der Waals surface area contributed by atoms with Gasteiger partial charge in [-0.2, -0.15) is 0 Å². The van der Waals surface area contributed by atoms with Gasteiger partial charge in [-0.1, -0.05) is 13.8 Å². The van der Waals surface area contributed by atoms with Crippen molar-refractivity contribution in [2.45, 2.75) is 46.6 Å². The number of pyridine rings is 2. The number of esters is 1. The van der Waals surface area contributed by atoms with Crippen molar-refractivity contribution in [3.8, 4) is 17.2 Å². The van der Waals surface area contributed by atoms with Crippen LogP contribution >= 0.6 is 0 Å². The molecular weight excluding hydrogens is 460 g/mol. The predicted octanol–water partition coefficient (Wildman–Crippen LogP) is 4.94. The maximum atomic E-state index is 12.3. The van der Waals surface area contributed by atoms with Crippen LogP contribution in [0, 0.1) is 12.8 Å². The highest BCUT2D eigenvalue weighted by atomic mass is 16.5. The lowest BCUT2D eigenvalue weighted by molar-refractivity contribution is -0.142. The number of aromatic nitrogens is 2. The van der Waals surface area contributed by atoms with Crippen LogP contribution < -0.4 is 15.4 Å². The molecule has 3 aromatic heterocycles. The average Bonchev–Trinajstić information content (AvgIpc) is 3.25.